The van der Waals surface area contributed by atoms with Crippen LogP contribution in [0.2, 0.25) is 0 Å². The van der Waals surface area contributed by atoms with Gasteiger partial charge in [0.1, 0.15) is 5.60 Å². The molecule has 2 rings (SSSR count). The molecule has 0 aliphatic heterocycles. The lowest BCUT2D eigenvalue weighted by molar-refractivity contribution is 0.0497. The predicted octanol–water partition coefficient (Wildman–Crippen LogP) is 2.90. The quantitative estimate of drug-likeness (QED) is 0.753. The zero-order chi connectivity index (χ0) is 17.7. The SMILES string of the molecule is CC(C)(C)OC(=O)NCCOCCn1c(=O)oc2ccc(Br)cc21. The number of hydrogen-bond donors (Lipinski definition) is 1. The molecule has 7 nitrogen and oxygen atoms in total. The summed E-state index contributed by atoms with van der Waals surface area (Å²) in [6, 6.07) is 5.38. The third kappa shape index (κ3) is 5.38. The van der Waals surface area contributed by atoms with Gasteiger partial charge in [-0.05, 0) is 39.0 Å². The molecule has 0 fully saturated rings. The number of hydrogen-bond acceptors (Lipinski definition) is 5. The van der Waals surface area contributed by atoms with E-state index in [0.29, 0.717) is 37.4 Å². The Morgan fingerprint density at radius 3 is 2.79 bits per heavy atom. The minimum atomic E-state index is -0.525. The van der Waals surface area contributed by atoms with Gasteiger partial charge in [0.15, 0.2) is 5.58 Å². The van der Waals surface area contributed by atoms with E-state index in [4.69, 9.17) is 13.9 Å². The highest BCUT2D eigenvalue weighted by Gasteiger charge is 2.15. The molecule has 0 aliphatic carbocycles. The molecule has 1 aromatic carbocycles. The summed E-state index contributed by atoms with van der Waals surface area (Å²) in [4.78, 5) is 23.3. The van der Waals surface area contributed by atoms with E-state index >= 15 is 0 Å². The Bertz CT molecular complexity index is 760. The van der Waals surface area contributed by atoms with E-state index in [-0.39, 0.29) is 0 Å². The van der Waals surface area contributed by atoms with Crippen molar-refractivity contribution < 1.29 is 18.7 Å². The van der Waals surface area contributed by atoms with E-state index < -0.39 is 17.5 Å². The van der Waals surface area contributed by atoms with Crippen LogP contribution >= 0.6 is 15.9 Å². The minimum absolute atomic E-state index is 0.327. The summed E-state index contributed by atoms with van der Waals surface area (Å²) in [5, 5.41) is 2.60. The van der Waals surface area contributed by atoms with E-state index in [1.807, 2.05) is 12.1 Å². The van der Waals surface area contributed by atoms with Crippen molar-refractivity contribution in [1.82, 2.24) is 9.88 Å². The number of nitrogens with zero attached hydrogens (tertiary/aromatic N) is 1. The lowest BCUT2D eigenvalue weighted by Crippen LogP contribution is -2.34. The number of alkyl carbamates (subject to hydrolysis) is 1. The Labute approximate surface area is 148 Å². The highest BCUT2D eigenvalue weighted by atomic mass is 79.9. The Kier molecular flexibility index (Phi) is 6.06. The molecule has 1 heterocycles. The van der Waals surface area contributed by atoms with E-state index in [9.17, 15) is 9.59 Å². The number of carbonyl (C=O) groups is 1. The molecule has 1 N–H and O–H groups in total. The molecule has 0 saturated carbocycles. The smallest absolute Gasteiger partial charge is 0.420 e. The van der Waals surface area contributed by atoms with Crippen molar-refractivity contribution >= 4 is 33.1 Å². The van der Waals surface area contributed by atoms with Crippen LogP contribution in [-0.4, -0.2) is 36.0 Å². The van der Waals surface area contributed by atoms with Crippen LogP contribution in [0.5, 0.6) is 0 Å². The summed E-state index contributed by atoms with van der Waals surface area (Å²) in [6.45, 7) is 6.76. The van der Waals surface area contributed by atoms with Crippen molar-refractivity contribution in [3.63, 3.8) is 0 Å². The molecule has 8 heteroatoms. The number of rotatable bonds is 6. The Balaban J connectivity index is 1.75. The van der Waals surface area contributed by atoms with E-state index in [0.717, 1.165) is 4.47 Å². The Morgan fingerprint density at radius 2 is 2.08 bits per heavy atom. The average molecular weight is 401 g/mol. The molecule has 0 aliphatic rings. The summed E-state index contributed by atoms with van der Waals surface area (Å²) in [6.07, 6.45) is -0.479. The zero-order valence-electron chi connectivity index (χ0n) is 13.9. The molecule has 0 radical (unpaired) electrons. The first-order valence-corrected chi connectivity index (χ1v) is 8.39. The number of carbonyl (C=O) groups excluding carboxylic acids is 1. The molecular formula is C16H21BrN2O5. The third-order valence-electron chi connectivity index (χ3n) is 3.00. The summed E-state index contributed by atoms with van der Waals surface area (Å²) in [5.41, 5.74) is 0.725. The van der Waals surface area contributed by atoms with Crippen molar-refractivity contribution in [2.45, 2.75) is 32.9 Å². The molecule has 1 amide bonds. The first kappa shape index (κ1) is 18.5. The fourth-order valence-electron chi connectivity index (χ4n) is 2.04. The first-order chi connectivity index (χ1) is 11.3. The van der Waals surface area contributed by atoms with Crippen LogP contribution in [0.25, 0.3) is 11.1 Å². The average Bonchev–Trinajstić information content (AvgIpc) is 2.76. The summed E-state index contributed by atoms with van der Waals surface area (Å²) < 4.78 is 18.1. The predicted molar refractivity (Wildman–Crippen MR) is 93.2 cm³/mol. The topological polar surface area (TPSA) is 82.7 Å². The van der Waals surface area contributed by atoms with Crippen LogP contribution in [0.15, 0.2) is 31.9 Å². The van der Waals surface area contributed by atoms with Crippen LogP contribution < -0.4 is 11.1 Å². The number of halogens is 1. The second kappa shape index (κ2) is 7.85. The number of fused-ring (bicyclic) bond motifs is 1. The second-order valence-corrected chi connectivity index (χ2v) is 7.09. The number of amides is 1. The van der Waals surface area contributed by atoms with Gasteiger partial charge in [-0.1, -0.05) is 15.9 Å². The minimum Gasteiger partial charge on any atom is -0.444 e. The van der Waals surface area contributed by atoms with Crippen molar-refractivity contribution in [2.24, 2.45) is 0 Å². The lowest BCUT2D eigenvalue weighted by Gasteiger charge is -2.19. The molecular weight excluding hydrogens is 380 g/mol. The number of ether oxygens (including phenoxy) is 2. The lowest BCUT2D eigenvalue weighted by atomic mass is 10.2. The van der Waals surface area contributed by atoms with Gasteiger partial charge in [-0.15, -0.1) is 0 Å². The largest absolute Gasteiger partial charge is 0.444 e. The Hall–Kier alpha value is -1.80. The Morgan fingerprint density at radius 1 is 1.33 bits per heavy atom. The van der Waals surface area contributed by atoms with Gasteiger partial charge in [0.2, 0.25) is 0 Å². The summed E-state index contributed by atoms with van der Waals surface area (Å²) in [7, 11) is 0. The maximum absolute atomic E-state index is 11.8. The number of benzene rings is 1. The van der Waals surface area contributed by atoms with Gasteiger partial charge >= 0.3 is 11.8 Å². The van der Waals surface area contributed by atoms with Crippen molar-refractivity contribution in [3.8, 4) is 0 Å². The fourth-order valence-corrected chi connectivity index (χ4v) is 2.39. The normalized spacial score (nSPS) is 11.7. The maximum atomic E-state index is 11.8. The molecule has 0 saturated heterocycles. The maximum Gasteiger partial charge on any atom is 0.420 e. The standard InChI is InChI=1S/C16H21BrN2O5/c1-16(2,3)24-14(20)18-6-8-22-9-7-19-12-10-11(17)4-5-13(12)23-15(19)21/h4-5,10H,6-9H2,1-3H3,(H,18,20). The van der Waals surface area contributed by atoms with Gasteiger partial charge in [-0.2, -0.15) is 0 Å². The molecule has 0 unspecified atom stereocenters. The van der Waals surface area contributed by atoms with E-state index in [1.165, 1.54) is 4.57 Å². The summed E-state index contributed by atoms with van der Waals surface area (Å²) >= 11 is 3.37. The van der Waals surface area contributed by atoms with Gasteiger partial charge in [-0.3, -0.25) is 4.57 Å². The number of oxazole rings is 1. The fraction of sp³-hybridized carbons (Fsp3) is 0.500. The van der Waals surface area contributed by atoms with Crippen LogP contribution in [0.1, 0.15) is 20.8 Å². The molecule has 24 heavy (non-hydrogen) atoms. The molecule has 2 aromatic rings. The zero-order valence-corrected chi connectivity index (χ0v) is 15.5. The van der Waals surface area contributed by atoms with Crippen molar-refractivity contribution in [2.75, 3.05) is 19.8 Å². The highest BCUT2D eigenvalue weighted by molar-refractivity contribution is 9.10. The van der Waals surface area contributed by atoms with E-state index in [1.54, 1.807) is 26.8 Å². The number of nitrogens with one attached hydrogen (secondary N) is 1. The van der Waals surface area contributed by atoms with Crippen LogP contribution in [0.3, 0.4) is 0 Å². The highest BCUT2D eigenvalue weighted by Crippen LogP contribution is 2.18. The van der Waals surface area contributed by atoms with Gasteiger partial charge in [0.05, 0.1) is 25.3 Å². The molecule has 0 bridgehead atoms. The molecule has 132 valence electrons. The third-order valence-corrected chi connectivity index (χ3v) is 3.50. The number of aromatic nitrogens is 1. The summed E-state index contributed by atoms with van der Waals surface area (Å²) in [5.74, 6) is -0.418. The van der Waals surface area contributed by atoms with Gasteiger partial charge in [0, 0.05) is 11.0 Å². The van der Waals surface area contributed by atoms with Crippen LogP contribution in [0.4, 0.5) is 4.79 Å². The van der Waals surface area contributed by atoms with Gasteiger partial charge in [-0.25, -0.2) is 9.59 Å². The monoisotopic (exact) mass is 400 g/mol. The second-order valence-electron chi connectivity index (χ2n) is 6.17. The first-order valence-electron chi connectivity index (χ1n) is 7.60. The molecule has 1 aromatic heterocycles. The van der Waals surface area contributed by atoms with Gasteiger partial charge < -0.3 is 19.2 Å². The van der Waals surface area contributed by atoms with Crippen molar-refractivity contribution in [1.29, 1.82) is 0 Å². The van der Waals surface area contributed by atoms with Gasteiger partial charge in [0.25, 0.3) is 0 Å². The van der Waals surface area contributed by atoms with Crippen LogP contribution in [0, 0.1) is 0 Å². The molecule has 0 atom stereocenters. The van der Waals surface area contributed by atoms with Crippen molar-refractivity contribution in [3.05, 3.63) is 33.2 Å². The molecule has 0 spiro atoms. The van der Waals surface area contributed by atoms with Crippen LogP contribution in [-0.2, 0) is 16.0 Å². The van der Waals surface area contributed by atoms with E-state index in [2.05, 4.69) is 21.2 Å².